The van der Waals surface area contributed by atoms with Gasteiger partial charge in [-0.2, -0.15) is 18.4 Å². The predicted octanol–water partition coefficient (Wildman–Crippen LogP) is 1.93. The second kappa shape index (κ2) is 6.22. The first-order valence-corrected chi connectivity index (χ1v) is 5.80. The molecule has 1 saturated heterocycles. The van der Waals surface area contributed by atoms with Crippen LogP contribution in [0.4, 0.5) is 13.2 Å². The minimum Gasteiger partial charge on any atom is -0.395 e. The van der Waals surface area contributed by atoms with Crippen molar-refractivity contribution in [2.24, 2.45) is 5.92 Å². The minimum atomic E-state index is -4.49. The Morgan fingerprint density at radius 3 is 2.59 bits per heavy atom. The molecule has 6 heteroatoms. The van der Waals surface area contributed by atoms with Gasteiger partial charge in [-0.25, -0.2) is 0 Å². The maximum absolute atomic E-state index is 12.5. The largest absolute Gasteiger partial charge is 0.405 e. The Morgan fingerprint density at radius 1 is 1.35 bits per heavy atom. The van der Waals surface area contributed by atoms with Crippen LogP contribution in [-0.2, 0) is 0 Å². The lowest BCUT2D eigenvalue weighted by molar-refractivity contribution is -0.164. The van der Waals surface area contributed by atoms with Gasteiger partial charge in [-0.15, -0.1) is 0 Å². The van der Waals surface area contributed by atoms with Gasteiger partial charge in [0.25, 0.3) is 0 Å². The Morgan fingerprint density at radius 2 is 2.06 bits per heavy atom. The van der Waals surface area contributed by atoms with Crippen LogP contribution in [0.2, 0.25) is 0 Å². The van der Waals surface area contributed by atoms with Crippen LogP contribution in [0.25, 0.3) is 0 Å². The Bertz CT molecular complexity index is 275. The third-order valence-electron chi connectivity index (χ3n) is 3.18. The lowest BCUT2D eigenvalue weighted by Crippen LogP contribution is -2.43. The highest BCUT2D eigenvalue weighted by atomic mass is 19.4. The number of nitrogens with zero attached hydrogens (tertiary/aromatic N) is 2. The van der Waals surface area contributed by atoms with Gasteiger partial charge in [0.1, 0.15) is 0 Å². The van der Waals surface area contributed by atoms with Crippen LogP contribution in [0.1, 0.15) is 25.7 Å². The van der Waals surface area contributed by atoms with Crippen molar-refractivity contribution in [2.75, 3.05) is 19.7 Å². The molecule has 1 rings (SSSR count). The van der Waals surface area contributed by atoms with Crippen molar-refractivity contribution in [1.82, 2.24) is 4.90 Å². The molecule has 0 amide bonds. The molecule has 17 heavy (non-hydrogen) atoms. The molecule has 0 aromatic carbocycles. The number of alkyl halides is 3. The van der Waals surface area contributed by atoms with E-state index < -0.39 is 12.1 Å². The molecule has 1 heterocycles. The first-order valence-electron chi connectivity index (χ1n) is 5.80. The zero-order valence-corrected chi connectivity index (χ0v) is 9.58. The van der Waals surface area contributed by atoms with E-state index in [1.54, 1.807) is 4.90 Å². The summed E-state index contributed by atoms with van der Waals surface area (Å²) in [5, 5.41) is 17.7. The minimum absolute atomic E-state index is 0.143. The average molecular weight is 250 g/mol. The molecule has 0 aromatic heterocycles. The van der Waals surface area contributed by atoms with E-state index in [0.717, 1.165) is 19.3 Å². The second-order valence-corrected chi connectivity index (χ2v) is 4.40. The van der Waals surface area contributed by atoms with Crippen LogP contribution < -0.4 is 0 Å². The normalized spacial score (nSPS) is 25.0. The van der Waals surface area contributed by atoms with E-state index in [0.29, 0.717) is 13.0 Å². The molecule has 1 aliphatic heterocycles. The van der Waals surface area contributed by atoms with Gasteiger partial charge in [-0.1, -0.05) is 12.8 Å². The van der Waals surface area contributed by atoms with Gasteiger partial charge in [0.15, 0.2) is 5.92 Å². The van der Waals surface area contributed by atoms with Crippen molar-refractivity contribution < 1.29 is 18.3 Å². The molecule has 2 atom stereocenters. The van der Waals surface area contributed by atoms with Crippen molar-refractivity contribution in [3.63, 3.8) is 0 Å². The molecule has 0 aromatic rings. The number of aliphatic hydroxyl groups is 1. The fourth-order valence-electron chi connectivity index (χ4n) is 2.14. The zero-order chi connectivity index (χ0) is 12.9. The molecular weight excluding hydrogens is 233 g/mol. The van der Waals surface area contributed by atoms with E-state index in [1.165, 1.54) is 6.07 Å². The van der Waals surface area contributed by atoms with Gasteiger partial charge in [-0.05, 0) is 19.4 Å². The van der Waals surface area contributed by atoms with Crippen molar-refractivity contribution >= 4 is 0 Å². The number of hydrogen-bond donors (Lipinski definition) is 1. The van der Waals surface area contributed by atoms with Crippen LogP contribution in [-0.4, -0.2) is 41.9 Å². The number of nitriles is 1. The predicted molar refractivity (Wildman–Crippen MR) is 56.1 cm³/mol. The third kappa shape index (κ3) is 4.17. The molecule has 2 unspecified atom stereocenters. The molecule has 1 fully saturated rings. The van der Waals surface area contributed by atoms with Gasteiger partial charge >= 0.3 is 6.18 Å². The molecule has 0 aliphatic carbocycles. The molecule has 0 bridgehead atoms. The first-order chi connectivity index (χ1) is 7.99. The molecular formula is C11H17F3N2O. The van der Waals surface area contributed by atoms with E-state index in [2.05, 4.69) is 0 Å². The summed E-state index contributed by atoms with van der Waals surface area (Å²) in [6.07, 6.45) is -1.07. The monoisotopic (exact) mass is 250 g/mol. The van der Waals surface area contributed by atoms with Crippen LogP contribution >= 0.6 is 0 Å². The molecule has 1 aliphatic rings. The van der Waals surface area contributed by atoms with Crippen molar-refractivity contribution in [3.05, 3.63) is 0 Å². The summed E-state index contributed by atoms with van der Waals surface area (Å²) in [4.78, 5) is 1.61. The maximum atomic E-state index is 12.5. The fraction of sp³-hybridized carbons (Fsp3) is 0.909. The van der Waals surface area contributed by atoms with Gasteiger partial charge in [-0.3, -0.25) is 4.90 Å². The summed E-state index contributed by atoms with van der Waals surface area (Å²) in [6, 6.07) is 1.07. The Kier molecular flexibility index (Phi) is 5.22. The molecule has 0 saturated carbocycles. The van der Waals surface area contributed by atoms with E-state index in [1.807, 2.05) is 0 Å². The third-order valence-corrected chi connectivity index (χ3v) is 3.18. The van der Waals surface area contributed by atoms with Crippen LogP contribution in [0.3, 0.4) is 0 Å². The molecule has 98 valence electrons. The second-order valence-electron chi connectivity index (χ2n) is 4.40. The van der Waals surface area contributed by atoms with E-state index in [4.69, 9.17) is 10.4 Å². The molecule has 0 spiro atoms. The van der Waals surface area contributed by atoms with Crippen LogP contribution in [0.15, 0.2) is 0 Å². The summed E-state index contributed by atoms with van der Waals surface area (Å²) in [5.41, 5.74) is 0. The highest BCUT2D eigenvalue weighted by Crippen LogP contribution is 2.28. The van der Waals surface area contributed by atoms with Gasteiger partial charge in [0.2, 0.25) is 0 Å². The van der Waals surface area contributed by atoms with Crippen molar-refractivity contribution in [3.8, 4) is 6.07 Å². The molecule has 0 radical (unpaired) electrons. The molecule has 1 N–H and O–H groups in total. The Labute approximate surface area is 98.8 Å². The zero-order valence-electron chi connectivity index (χ0n) is 9.58. The highest BCUT2D eigenvalue weighted by Gasteiger charge is 2.41. The maximum Gasteiger partial charge on any atom is 0.405 e. The number of aliphatic hydroxyl groups excluding tert-OH is 1. The smallest absolute Gasteiger partial charge is 0.395 e. The summed E-state index contributed by atoms with van der Waals surface area (Å²) in [5.74, 6) is -1.96. The van der Waals surface area contributed by atoms with Crippen LogP contribution in [0.5, 0.6) is 0 Å². The summed E-state index contributed by atoms with van der Waals surface area (Å²) < 4.78 is 37.5. The highest BCUT2D eigenvalue weighted by molar-refractivity contribution is 4.92. The van der Waals surface area contributed by atoms with Crippen LogP contribution in [0, 0.1) is 17.2 Å². The number of likely N-dealkylation sites (tertiary alicyclic amines) is 1. The quantitative estimate of drug-likeness (QED) is 0.832. The first kappa shape index (κ1) is 14.3. The number of hydrogen-bond acceptors (Lipinski definition) is 3. The number of rotatable bonds is 3. The summed E-state index contributed by atoms with van der Waals surface area (Å²) >= 11 is 0. The summed E-state index contributed by atoms with van der Waals surface area (Å²) in [6.45, 7) is 0.0563. The lowest BCUT2D eigenvalue weighted by Gasteiger charge is -2.30. The standard InChI is InChI=1S/C11H17F3N2O/c12-11(13,14)9(6-15)7-16-5-3-1-2-4-10(16)8-17/h9-10,17H,1-5,7-8H2. The lowest BCUT2D eigenvalue weighted by atomic mass is 10.1. The van der Waals surface area contributed by atoms with Crippen molar-refractivity contribution in [2.45, 2.75) is 37.9 Å². The summed E-state index contributed by atoms with van der Waals surface area (Å²) in [7, 11) is 0. The molecule has 3 nitrogen and oxygen atoms in total. The van der Waals surface area contributed by atoms with Gasteiger partial charge in [0.05, 0.1) is 12.7 Å². The van der Waals surface area contributed by atoms with Gasteiger partial charge < -0.3 is 5.11 Å². The SMILES string of the molecule is N#CC(CN1CCCCCC1CO)C(F)(F)F. The van der Waals surface area contributed by atoms with Gasteiger partial charge in [0, 0.05) is 12.6 Å². The van der Waals surface area contributed by atoms with E-state index >= 15 is 0 Å². The van der Waals surface area contributed by atoms with E-state index in [9.17, 15) is 13.2 Å². The van der Waals surface area contributed by atoms with Crippen molar-refractivity contribution in [1.29, 1.82) is 5.26 Å². The average Bonchev–Trinajstić information content (AvgIpc) is 2.48. The Hall–Kier alpha value is -0.800. The Balaban J connectivity index is 2.66. The number of halogens is 3. The van der Waals surface area contributed by atoms with E-state index in [-0.39, 0.29) is 19.2 Å². The topological polar surface area (TPSA) is 47.3 Å². The fourth-order valence-corrected chi connectivity index (χ4v) is 2.14.